The first-order valence-electron chi connectivity index (χ1n) is 4.82. The Balaban J connectivity index is 2.38. The number of carbonyl (C=O) groups excluding carboxylic acids is 1. The van der Waals surface area contributed by atoms with Crippen molar-refractivity contribution in [2.75, 3.05) is 12.8 Å². The zero-order valence-corrected chi connectivity index (χ0v) is 10.7. The van der Waals surface area contributed by atoms with E-state index in [9.17, 15) is 4.79 Å². The lowest BCUT2D eigenvalue weighted by Crippen LogP contribution is -2.14. The molecule has 0 aliphatic carbocycles. The summed E-state index contributed by atoms with van der Waals surface area (Å²) in [6, 6.07) is 0. The number of anilines is 1. The van der Waals surface area contributed by atoms with E-state index in [4.69, 9.17) is 33.8 Å². The summed E-state index contributed by atoms with van der Waals surface area (Å²) in [5, 5.41) is 3.78. The number of nitrogens with zero attached hydrogens (tertiary/aromatic N) is 3. The molecular formula is C9H8Cl2N4O3. The lowest BCUT2D eigenvalue weighted by atomic mass is 10.2. The standard InChI is InChI=1S/C9H8Cl2N4O3/c1-17-9(16)6-5(11)7(12)14-8(13-6)3-2-4(10)15-18-3/h3H,2H2,1H3,(H2,12,13,14). The van der Waals surface area contributed by atoms with Crippen molar-refractivity contribution < 1.29 is 14.4 Å². The lowest BCUT2D eigenvalue weighted by Gasteiger charge is -2.10. The van der Waals surface area contributed by atoms with Gasteiger partial charge in [-0.3, -0.25) is 0 Å². The van der Waals surface area contributed by atoms with Crippen LogP contribution in [0.2, 0.25) is 5.02 Å². The number of rotatable bonds is 2. The summed E-state index contributed by atoms with van der Waals surface area (Å²) in [5.74, 6) is -0.564. The average Bonchev–Trinajstić information content (AvgIpc) is 2.78. The van der Waals surface area contributed by atoms with Crippen LogP contribution in [0.4, 0.5) is 5.82 Å². The Bertz CT molecular complexity index is 535. The van der Waals surface area contributed by atoms with Crippen molar-refractivity contribution in [1.82, 2.24) is 9.97 Å². The topological polar surface area (TPSA) is 99.7 Å². The number of nitrogens with two attached hydrogens (primary N) is 1. The molecule has 0 spiro atoms. The number of carbonyl (C=O) groups is 1. The third kappa shape index (κ3) is 2.32. The van der Waals surface area contributed by atoms with Crippen molar-refractivity contribution in [3.63, 3.8) is 0 Å². The fourth-order valence-corrected chi connectivity index (χ4v) is 1.69. The zero-order valence-electron chi connectivity index (χ0n) is 9.18. The van der Waals surface area contributed by atoms with Gasteiger partial charge in [-0.1, -0.05) is 28.4 Å². The number of esters is 1. The molecule has 1 aromatic rings. The van der Waals surface area contributed by atoms with Crippen LogP contribution in [-0.4, -0.2) is 28.2 Å². The van der Waals surface area contributed by atoms with Crippen LogP contribution in [0.5, 0.6) is 0 Å². The highest BCUT2D eigenvalue weighted by Crippen LogP contribution is 2.29. The Morgan fingerprint density at radius 3 is 2.78 bits per heavy atom. The second kappa shape index (κ2) is 4.95. The van der Waals surface area contributed by atoms with E-state index in [2.05, 4.69) is 19.9 Å². The molecule has 1 aliphatic heterocycles. The minimum atomic E-state index is -0.708. The molecule has 7 nitrogen and oxygen atoms in total. The molecule has 2 N–H and O–H groups in total. The number of hydrogen-bond donors (Lipinski definition) is 1. The van der Waals surface area contributed by atoms with Crippen LogP contribution in [0.3, 0.4) is 0 Å². The quantitative estimate of drug-likeness (QED) is 0.829. The van der Waals surface area contributed by atoms with E-state index in [1.54, 1.807) is 0 Å². The number of hydrogen-bond acceptors (Lipinski definition) is 7. The maximum absolute atomic E-state index is 11.5. The summed E-state index contributed by atoms with van der Waals surface area (Å²) >= 11 is 11.5. The molecule has 0 aromatic carbocycles. The van der Waals surface area contributed by atoms with Crippen LogP contribution in [-0.2, 0) is 9.57 Å². The molecule has 0 fully saturated rings. The van der Waals surface area contributed by atoms with Gasteiger partial charge in [0, 0.05) is 0 Å². The molecule has 1 aliphatic rings. The largest absolute Gasteiger partial charge is 0.464 e. The minimum absolute atomic E-state index is 0.0336. The normalized spacial score (nSPS) is 18.2. The number of halogens is 2. The van der Waals surface area contributed by atoms with Gasteiger partial charge < -0.3 is 15.3 Å². The van der Waals surface area contributed by atoms with Gasteiger partial charge in [0.15, 0.2) is 17.6 Å². The molecule has 9 heteroatoms. The van der Waals surface area contributed by atoms with Crippen molar-refractivity contribution in [2.24, 2.45) is 5.16 Å². The first kappa shape index (κ1) is 12.8. The molecule has 1 aromatic heterocycles. The van der Waals surface area contributed by atoms with Gasteiger partial charge in [-0.2, -0.15) is 0 Å². The van der Waals surface area contributed by atoms with Gasteiger partial charge in [0.05, 0.1) is 13.5 Å². The van der Waals surface area contributed by atoms with Crippen LogP contribution < -0.4 is 5.73 Å². The Hall–Kier alpha value is -1.60. The second-order valence-corrected chi connectivity index (χ2v) is 4.20. The average molecular weight is 291 g/mol. The highest BCUT2D eigenvalue weighted by atomic mass is 35.5. The Labute approximate surface area is 112 Å². The molecular weight excluding hydrogens is 283 g/mol. The Kier molecular flexibility index (Phi) is 3.53. The summed E-state index contributed by atoms with van der Waals surface area (Å²) in [6.45, 7) is 0. The van der Waals surface area contributed by atoms with Crippen LogP contribution >= 0.6 is 23.2 Å². The number of nitrogen functional groups attached to an aromatic ring is 1. The van der Waals surface area contributed by atoms with Crippen molar-refractivity contribution in [3.05, 3.63) is 16.5 Å². The third-order valence-corrected chi connectivity index (χ3v) is 2.79. The van der Waals surface area contributed by atoms with E-state index in [-0.39, 0.29) is 27.5 Å². The van der Waals surface area contributed by atoms with Crippen LogP contribution in [0.1, 0.15) is 28.8 Å². The third-order valence-electron chi connectivity index (χ3n) is 2.19. The van der Waals surface area contributed by atoms with E-state index in [1.807, 2.05) is 0 Å². The van der Waals surface area contributed by atoms with E-state index < -0.39 is 12.1 Å². The number of methoxy groups -OCH3 is 1. The van der Waals surface area contributed by atoms with E-state index in [0.29, 0.717) is 6.42 Å². The molecule has 0 radical (unpaired) electrons. The SMILES string of the molecule is COC(=O)c1nc(C2CC(Cl)=NO2)nc(N)c1Cl. The molecule has 1 unspecified atom stereocenters. The van der Waals surface area contributed by atoms with Gasteiger partial charge in [-0.15, -0.1) is 0 Å². The van der Waals surface area contributed by atoms with Gasteiger partial charge in [0.1, 0.15) is 16.0 Å². The van der Waals surface area contributed by atoms with Crippen molar-refractivity contribution in [3.8, 4) is 0 Å². The van der Waals surface area contributed by atoms with Crippen LogP contribution in [0.15, 0.2) is 5.16 Å². The molecule has 0 bridgehead atoms. The fourth-order valence-electron chi connectivity index (χ4n) is 1.35. The molecule has 18 heavy (non-hydrogen) atoms. The number of aromatic nitrogens is 2. The lowest BCUT2D eigenvalue weighted by molar-refractivity contribution is 0.0587. The molecule has 2 heterocycles. The predicted octanol–water partition coefficient (Wildman–Crippen LogP) is 1.51. The van der Waals surface area contributed by atoms with Crippen LogP contribution in [0.25, 0.3) is 0 Å². The Morgan fingerprint density at radius 1 is 1.50 bits per heavy atom. The van der Waals surface area contributed by atoms with Gasteiger partial charge in [-0.25, -0.2) is 14.8 Å². The van der Waals surface area contributed by atoms with Crippen molar-refractivity contribution in [1.29, 1.82) is 0 Å². The second-order valence-electron chi connectivity index (χ2n) is 3.39. The Morgan fingerprint density at radius 2 is 2.22 bits per heavy atom. The van der Waals surface area contributed by atoms with Crippen molar-refractivity contribution in [2.45, 2.75) is 12.5 Å². The molecule has 96 valence electrons. The van der Waals surface area contributed by atoms with Crippen molar-refractivity contribution >= 4 is 40.2 Å². The highest BCUT2D eigenvalue weighted by Gasteiger charge is 2.28. The number of ether oxygens (including phenoxy) is 1. The first-order valence-corrected chi connectivity index (χ1v) is 5.58. The van der Waals surface area contributed by atoms with E-state index in [1.165, 1.54) is 7.11 Å². The molecule has 0 saturated heterocycles. The van der Waals surface area contributed by atoms with Gasteiger partial charge in [-0.05, 0) is 0 Å². The summed E-state index contributed by atoms with van der Waals surface area (Å²) < 4.78 is 4.55. The predicted molar refractivity (Wildman–Crippen MR) is 64.5 cm³/mol. The fraction of sp³-hybridized carbons (Fsp3) is 0.333. The van der Waals surface area contributed by atoms with Gasteiger partial charge >= 0.3 is 5.97 Å². The summed E-state index contributed by atoms with van der Waals surface area (Å²) in [4.78, 5) is 24.4. The maximum Gasteiger partial charge on any atom is 0.358 e. The molecule has 2 rings (SSSR count). The van der Waals surface area contributed by atoms with E-state index in [0.717, 1.165) is 0 Å². The monoisotopic (exact) mass is 290 g/mol. The zero-order chi connectivity index (χ0) is 13.3. The smallest absolute Gasteiger partial charge is 0.358 e. The van der Waals surface area contributed by atoms with E-state index >= 15 is 0 Å². The molecule has 1 atom stereocenters. The summed E-state index contributed by atoms with van der Waals surface area (Å²) in [7, 11) is 1.21. The summed E-state index contributed by atoms with van der Waals surface area (Å²) in [6.07, 6.45) is -0.274. The summed E-state index contributed by atoms with van der Waals surface area (Å²) in [5.41, 5.74) is 5.48. The highest BCUT2D eigenvalue weighted by molar-refractivity contribution is 6.65. The van der Waals surface area contributed by atoms with Crippen LogP contribution in [0, 0.1) is 0 Å². The maximum atomic E-state index is 11.5. The number of oxime groups is 1. The molecule has 0 amide bonds. The first-order chi connectivity index (χ1) is 8.52. The van der Waals surface area contributed by atoms with Gasteiger partial charge in [0.25, 0.3) is 0 Å². The minimum Gasteiger partial charge on any atom is -0.464 e. The molecule has 0 saturated carbocycles. The van der Waals surface area contributed by atoms with Gasteiger partial charge in [0.2, 0.25) is 0 Å².